The quantitative estimate of drug-likeness (QED) is 0.690. The molecule has 30 heavy (non-hydrogen) atoms. The maximum atomic E-state index is 12.9. The minimum atomic E-state index is -3.80. The lowest BCUT2D eigenvalue weighted by atomic mass is 9.96. The van der Waals surface area contributed by atoms with Gasteiger partial charge in [-0.25, -0.2) is 21.1 Å². The maximum Gasteiger partial charge on any atom is 0.244 e. The van der Waals surface area contributed by atoms with Crippen molar-refractivity contribution in [2.75, 3.05) is 32.4 Å². The van der Waals surface area contributed by atoms with E-state index in [1.54, 1.807) is 12.1 Å². The molecule has 2 fully saturated rings. The molecule has 0 radical (unpaired) electrons. The van der Waals surface area contributed by atoms with Crippen LogP contribution in [0.15, 0.2) is 29.2 Å². The molecule has 0 bridgehead atoms. The molecular weight excluding hydrogens is 428 g/mol. The van der Waals surface area contributed by atoms with Crippen LogP contribution in [0.2, 0.25) is 0 Å². The second-order valence-corrected chi connectivity index (χ2v) is 11.6. The number of nitrogens with zero attached hydrogens (tertiary/aromatic N) is 3. The zero-order valence-corrected chi connectivity index (χ0v) is 18.5. The minimum Gasteiger partial charge on any atom is -0.352 e. The largest absolute Gasteiger partial charge is 0.352 e. The number of amides is 1. The van der Waals surface area contributed by atoms with E-state index in [9.17, 15) is 26.9 Å². The van der Waals surface area contributed by atoms with Gasteiger partial charge < -0.3 is 5.32 Å². The zero-order valence-electron chi connectivity index (χ0n) is 16.8. The van der Waals surface area contributed by atoms with Gasteiger partial charge in [0.2, 0.25) is 26.0 Å². The van der Waals surface area contributed by atoms with E-state index in [2.05, 4.69) is 5.32 Å². The number of piperidine rings is 2. The van der Waals surface area contributed by atoms with Crippen molar-refractivity contribution < 1.29 is 21.6 Å². The van der Waals surface area contributed by atoms with E-state index in [0.717, 1.165) is 12.7 Å². The van der Waals surface area contributed by atoms with Crippen LogP contribution in [-0.2, 0) is 24.8 Å². The zero-order chi connectivity index (χ0) is 21.9. The molecular formula is C19H26N4O5S2. The predicted molar refractivity (Wildman–Crippen MR) is 110 cm³/mol. The summed E-state index contributed by atoms with van der Waals surface area (Å²) in [7, 11) is -7.09. The SMILES string of the molecule is CS(=O)(=O)N1CCCC(NC(=O)C2CCN(S(=O)(=O)c3ccccc3C#N)CC2)C1. The molecule has 9 nitrogen and oxygen atoms in total. The third kappa shape index (κ3) is 5.00. The fraction of sp³-hybridized carbons (Fsp3) is 0.579. The van der Waals surface area contributed by atoms with Gasteiger partial charge in [-0.1, -0.05) is 12.1 Å². The average Bonchev–Trinajstić information content (AvgIpc) is 2.73. The lowest BCUT2D eigenvalue weighted by Crippen LogP contribution is -2.51. The molecule has 0 spiro atoms. The van der Waals surface area contributed by atoms with E-state index >= 15 is 0 Å². The molecule has 1 atom stereocenters. The summed E-state index contributed by atoms with van der Waals surface area (Å²) in [6.45, 7) is 1.12. The number of hydrogen-bond donors (Lipinski definition) is 1. The van der Waals surface area contributed by atoms with Crippen LogP contribution in [0.4, 0.5) is 0 Å². The Morgan fingerprint density at radius 2 is 1.73 bits per heavy atom. The summed E-state index contributed by atoms with van der Waals surface area (Å²) in [6.07, 6.45) is 3.32. The standard InChI is InChI=1S/C19H26N4O5S2/c1-29(25,26)23-10-4-6-17(14-23)21-19(24)15-8-11-22(12-9-15)30(27,28)18-7-3-2-5-16(18)13-20/h2-3,5,7,15,17H,4,6,8-12,14H2,1H3,(H,21,24). The fourth-order valence-corrected chi connectivity index (χ4v) is 6.49. The molecule has 1 aromatic carbocycles. The molecule has 1 unspecified atom stereocenters. The number of carbonyl (C=O) groups is 1. The van der Waals surface area contributed by atoms with Crippen molar-refractivity contribution in [3.8, 4) is 6.07 Å². The Labute approximate surface area is 177 Å². The first-order chi connectivity index (χ1) is 14.1. The topological polar surface area (TPSA) is 128 Å². The van der Waals surface area contributed by atoms with Gasteiger partial charge in [-0.2, -0.15) is 9.57 Å². The molecule has 1 amide bonds. The monoisotopic (exact) mass is 454 g/mol. The van der Waals surface area contributed by atoms with Gasteiger partial charge in [-0.3, -0.25) is 4.79 Å². The van der Waals surface area contributed by atoms with Crippen molar-refractivity contribution in [2.24, 2.45) is 5.92 Å². The Morgan fingerprint density at radius 1 is 1.07 bits per heavy atom. The van der Waals surface area contributed by atoms with Crippen LogP contribution in [0.3, 0.4) is 0 Å². The highest BCUT2D eigenvalue weighted by atomic mass is 32.2. The number of carbonyl (C=O) groups excluding carboxylic acids is 1. The molecule has 3 rings (SSSR count). The number of rotatable bonds is 5. The van der Waals surface area contributed by atoms with Gasteiger partial charge >= 0.3 is 0 Å². The summed E-state index contributed by atoms with van der Waals surface area (Å²) in [5, 5.41) is 12.1. The molecule has 1 N–H and O–H groups in total. The normalized spacial score (nSPS) is 22.3. The molecule has 0 aliphatic carbocycles. The van der Waals surface area contributed by atoms with E-state index in [-0.39, 0.29) is 48.0 Å². The Morgan fingerprint density at radius 3 is 2.37 bits per heavy atom. The Balaban J connectivity index is 1.59. The van der Waals surface area contributed by atoms with Crippen LogP contribution in [0, 0.1) is 17.2 Å². The predicted octanol–water partition coefficient (Wildman–Crippen LogP) is 0.499. The Hall–Kier alpha value is -2.00. The minimum absolute atomic E-state index is 0.0153. The van der Waals surface area contributed by atoms with Crippen LogP contribution < -0.4 is 5.32 Å². The third-order valence-corrected chi connectivity index (χ3v) is 8.88. The van der Waals surface area contributed by atoms with Gasteiger partial charge in [0.25, 0.3) is 0 Å². The van der Waals surface area contributed by atoms with E-state index in [1.165, 1.54) is 20.7 Å². The van der Waals surface area contributed by atoms with Gasteiger partial charge in [0, 0.05) is 38.1 Å². The van der Waals surface area contributed by atoms with Crippen LogP contribution in [0.5, 0.6) is 0 Å². The number of nitriles is 1. The third-order valence-electron chi connectivity index (χ3n) is 5.65. The summed E-state index contributed by atoms with van der Waals surface area (Å²) < 4.78 is 52.0. The fourth-order valence-electron chi connectivity index (χ4n) is 3.96. The Bertz CT molecular complexity index is 1040. The van der Waals surface area contributed by atoms with Crippen LogP contribution in [0.1, 0.15) is 31.2 Å². The summed E-state index contributed by atoms with van der Waals surface area (Å²) in [5.74, 6) is -0.485. The first-order valence-electron chi connectivity index (χ1n) is 9.87. The van der Waals surface area contributed by atoms with Crippen molar-refractivity contribution in [3.05, 3.63) is 29.8 Å². The molecule has 0 saturated carbocycles. The highest BCUT2D eigenvalue weighted by Crippen LogP contribution is 2.26. The van der Waals surface area contributed by atoms with Crippen molar-refractivity contribution in [3.63, 3.8) is 0 Å². The summed E-state index contributed by atoms with van der Waals surface area (Å²) in [5.41, 5.74) is 0.102. The van der Waals surface area contributed by atoms with Crippen LogP contribution in [-0.4, -0.2) is 69.8 Å². The lowest BCUT2D eigenvalue weighted by Gasteiger charge is -2.34. The molecule has 0 aromatic heterocycles. The average molecular weight is 455 g/mol. The van der Waals surface area contributed by atoms with Gasteiger partial charge in [0.05, 0.1) is 16.7 Å². The van der Waals surface area contributed by atoms with Gasteiger partial charge in [0.15, 0.2) is 0 Å². The molecule has 2 saturated heterocycles. The smallest absolute Gasteiger partial charge is 0.244 e. The van der Waals surface area contributed by atoms with Crippen molar-refractivity contribution in [1.82, 2.24) is 13.9 Å². The summed E-state index contributed by atoms with van der Waals surface area (Å²) in [4.78, 5) is 12.6. The molecule has 2 heterocycles. The molecule has 2 aliphatic rings. The first kappa shape index (κ1) is 22.7. The summed E-state index contributed by atoms with van der Waals surface area (Å²) >= 11 is 0. The highest BCUT2D eigenvalue weighted by Gasteiger charge is 2.34. The van der Waals surface area contributed by atoms with Crippen LogP contribution >= 0.6 is 0 Å². The maximum absolute atomic E-state index is 12.9. The van der Waals surface area contributed by atoms with Crippen LogP contribution in [0.25, 0.3) is 0 Å². The summed E-state index contributed by atoms with van der Waals surface area (Å²) in [6, 6.07) is 7.77. The van der Waals surface area contributed by atoms with Gasteiger partial charge in [-0.15, -0.1) is 0 Å². The lowest BCUT2D eigenvalue weighted by molar-refractivity contribution is -0.127. The van der Waals surface area contributed by atoms with E-state index in [4.69, 9.17) is 0 Å². The molecule has 2 aliphatic heterocycles. The molecule has 11 heteroatoms. The van der Waals surface area contributed by atoms with Crippen molar-refractivity contribution in [1.29, 1.82) is 5.26 Å². The van der Waals surface area contributed by atoms with Gasteiger partial charge in [0.1, 0.15) is 6.07 Å². The number of hydrogen-bond acceptors (Lipinski definition) is 6. The second-order valence-electron chi connectivity index (χ2n) is 7.76. The highest BCUT2D eigenvalue weighted by molar-refractivity contribution is 7.89. The number of nitrogens with one attached hydrogen (secondary N) is 1. The van der Waals surface area contributed by atoms with Crippen molar-refractivity contribution >= 4 is 26.0 Å². The molecule has 164 valence electrons. The molecule has 1 aromatic rings. The van der Waals surface area contributed by atoms with E-state index < -0.39 is 20.0 Å². The van der Waals surface area contributed by atoms with E-state index in [0.29, 0.717) is 25.8 Å². The van der Waals surface area contributed by atoms with Crippen molar-refractivity contribution in [2.45, 2.75) is 36.6 Å². The number of sulfonamides is 2. The van der Waals surface area contributed by atoms with E-state index in [1.807, 2.05) is 6.07 Å². The second kappa shape index (κ2) is 9.01. The first-order valence-corrected chi connectivity index (χ1v) is 13.2. The van der Waals surface area contributed by atoms with Gasteiger partial charge in [-0.05, 0) is 37.8 Å². The number of benzene rings is 1. The Kier molecular flexibility index (Phi) is 6.81.